The van der Waals surface area contributed by atoms with Gasteiger partial charge in [0, 0.05) is 30.9 Å². The quantitative estimate of drug-likeness (QED) is 0.790. The third kappa shape index (κ3) is 4.01. The highest BCUT2D eigenvalue weighted by molar-refractivity contribution is 6.12. The van der Waals surface area contributed by atoms with Gasteiger partial charge in [-0.3, -0.25) is 9.98 Å². The Kier molecular flexibility index (Phi) is 5.33. The summed E-state index contributed by atoms with van der Waals surface area (Å²) in [4.78, 5) is 26.9. The number of carbonyl (C=O) groups is 1. The van der Waals surface area contributed by atoms with Gasteiger partial charge in [-0.15, -0.1) is 0 Å². The Morgan fingerprint density at radius 1 is 1.17 bits per heavy atom. The first-order valence-electron chi connectivity index (χ1n) is 9.47. The van der Waals surface area contributed by atoms with E-state index in [4.69, 9.17) is 4.74 Å². The van der Waals surface area contributed by atoms with Crippen molar-refractivity contribution in [3.8, 4) is 5.75 Å². The Labute approximate surface area is 167 Å². The minimum Gasteiger partial charge on any atom is -0.408 e. The van der Waals surface area contributed by atoms with Crippen LogP contribution in [0, 0.1) is 24.5 Å². The molecule has 6 nitrogen and oxygen atoms in total. The first-order chi connectivity index (χ1) is 14.0. The Balaban J connectivity index is 1.36. The first kappa shape index (κ1) is 19.2. The second-order valence-electron chi connectivity index (χ2n) is 7.06. The van der Waals surface area contributed by atoms with Crippen LogP contribution in [0.15, 0.2) is 46.5 Å². The number of carbonyl (C=O) groups excluding carboxylic acids is 1. The second kappa shape index (κ2) is 8.06. The summed E-state index contributed by atoms with van der Waals surface area (Å²) >= 11 is 0. The van der Waals surface area contributed by atoms with E-state index >= 15 is 0 Å². The van der Waals surface area contributed by atoms with Crippen LogP contribution in [0.5, 0.6) is 5.75 Å². The van der Waals surface area contributed by atoms with E-state index in [9.17, 15) is 13.6 Å². The van der Waals surface area contributed by atoms with E-state index in [1.54, 1.807) is 30.2 Å². The SMILES string of the molecule is Cc1ncccc1OC(=O)N1CCC(C2=NC(c3cccc(F)c3F)=NC2)CC1. The number of hydrogen-bond acceptors (Lipinski definition) is 5. The Morgan fingerprint density at radius 2 is 1.97 bits per heavy atom. The number of aliphatic imine (C=N–C) groups is 2. The van der Waals surface area contributed by atoms with E-state index in [1.165, 1.54) is 12.1 Å². The monoisotopic (exact) mass is 398 g/mol. The molecular weight excluding hydrogens is 378 g/mol. The molecule has 0 saturated carbocycles. The molecule has 1 amide bonds. The Bertz CT molecular complexity index is 998. The van der Waals surface area contributed by atoms with Crippen LogP contribution < -0.4 is 4.74 Å². The molecule has 1 aromatic carbocycles. The minimum absolute atomic E-state index is 0.0767. The van der Waals surface area contributed by atoms with Gasteiger partial charge in [0.05, 0.1) is 17.8 Å². The van der Waals surface area contributed by atoms with Crippen LogP contribution in [0.1, 0.15) is 24.1 Å². The molecule has 0 aliphatic carbocycles. The topological polar surface area (TPSA) is 67.2 Å². The van der Waals surface area contributed by atoms with Crippen molar-refractivity contribution < 1.29 is 18.3 Å². The average Bonchev–Trinajstić information content (AvgIpc) is 3.22. The number of nitrogens with zero attached hydrogens (tertiary/aromatic N) is 4. The second-order valence-corrected chi connectivity index (χ2v) is 7.06. The number of likely N-dealkylation sites (tertiary alicyclic amines) is 1. The van der Waals surface area contributed by atoms with Crippen molar-refractivity contribution >= 4 is 17.6 Å². The third-order valence-corrected chi connectivity index (χ3v) is 5.21. The molecule has 2 aromatic rings. The molecule has 0 atom stereocenters. The molecule has 29 heavy (non-hydrogen) atoms. The number of rotatable bonds is 3. The number of benzene rings is 1. The van der Waals surface area contributed by atoms with Crippen LogP contribution in [0.2, 0.25) is 0 Å². The van der Waals surface area contributed by atoms with Gasteiger partial charge in [-0.1, -0.05) is 6.07 Å². The van der Waals surface area contributed by atoms with Gasteiger partial charge in [0.15, 0.2) is 23.2 Å². The Hall–Kier alpha value is -3.16. The van der Waals surface area contributed by atoms with Crippen molar-refractivity contribution in [2.45, 2.75) is 19.8 Å². The molecule has 0 radical (unpaired) electrons. The smallest absolute Gasteiger partial charge is 0.408 e. The number of amides is 1. The molecule has 1 saturated heterocycles. The fourth-order valence-electron chi connectivity index (χ4n) is 3.54. The maximum absolute atomic E-state index is 14.0. The third-order valence-electron chi connectivity index (χ3n) is 5.21. The average molecular weight is 398 g/mol. The van der Waals surface area contributed by atoms with Crippen molar-refractivity contribution in [1.82, 2.24) is 9.88 Å². The van der Waals surface area contributed by atoms with Gasteiger partial charge < -0.3 is 9.64 Å². The Morgan fingerprint density at radius 3 is 2.72 bits per heavy atom. The van der Waals surface area contributed by atoms with E-state index in [0.717, 1.165) is 11.8 Å². The fraction of sp³-hybridized carbons (Fsp3) is 0.333. The maximum atomic E-state index is 14.0. The lowest BCUT2D eigenvalue weighted by atomic mass is 9.92. The molecule has 2 aliphatic heterocycles. The van der Waals surface area contributed by atoms with Crippen LogP contribution in [0.4, 0.5) is 13.6 Å². The number of pyridine rings is 1. The number of halogens is 2. The van der Waals surface area contributed by atoms with Crippen LogP contribution in [0.3, 0.4) is 0 Å². The number of ether oxygens (including phenoxy) is 1. The summed E-state index contributed by atoms with van der Waals surface area (Å²) in [5, 5.41) is 0. The van der Waals surface area contributed by atoms with Crippen molar-refractivity contribution in [1.29, 1.82) is 0 Å². The van der Waals surface area contributed by atoms with Gasteiger partial charge in [0.2, 0.25) is 0 Å². The number of piperidine rings is 1. The normalized spacial score (nSPS) is 17.1. The summed E-state index contributed by atoms with van der Waals surface area (Å²) in [5.74, 6) is -1.01. The van der Waals surface area contributed by atoms with Crippen LogP contribution >= 0.6 is 0 Å². The van der Waals surface area contributed by atoms with E-state index in [0.29, 0.717) is 43.9 Å². The number of aryl methyl sites for hydroxylation is 1. The molecule has 0 unspecified atom stereocenters. The summed E-state index contributed by atoms with van der Waals surface area (Å²) in [6.07, 6.45) is 2.68. The molecule has 1 fully saturated rings. The summed E-state index contributed by atoms with van der Waals surface area (Å²) in [6, 6.07) is 7.42. The number of aromatic nitrogens is 1. The van der Waals surface area contributed by atoms with Gasteiger partial charge in [0.1, 0.15) is 0 Å². The minimum atomic E-state index is -0.931. The molecular formula is C21H20F2N4O2. The summed E-state index contributed by atoms with van der Waals surface area (Å²) in [5.41, 5.74) is 1.58. The van der Waals surface area contributed by atoms with Gasteiger partial charge in [-0.2, -0.15) is 0 Å². The zero-order valence-electron chi connectivity index (χ0n) is 15.9. The molecule has 0 bridgehead atoms. The van der Waals surface area contributed by atoms with Crippen molar-refractivity contribution in [3.63, 3.8) is 0 Å². The van der Waals surface area contributed by atoms with Crippen LogP contribution in [0.25, 0.3) is 0 Å². The highest BCUT2D eigenvalue weighted by Crippen LogP contribution is 2.24. The molecule has 3 heterocycles. The molecule has 1 aromatic heterocycles. The van der Waals surface area contributed by atoms with Crippen molar-refractivity contribution in [3.05, 3.63) is 59.4 Å². The highest BCUT2D eigenvalue weighted by atomic mass is 19.2. The molecule has 4 rings (SSSR count). The van der Waals surface area contributed by atoms with E-state index < -0.39 is 17.7 Å². The summed E-state index contributed by atoms with van der Waals surface area (Å²) < 4.78 is 32.9. The largest absolute Gasteiger partial charge is 0.415 e. The summed E-state index contributed by atoms with van der Waals surface area (Å²) in [6.45, 7) is 3.22. The number of hydrogen-bond donors (Lipinski definition) is 0. The fourth-order valence-corrected chi connectivity index (χ4v) is 3.54. The predicted molar refractivity (Wildman–Crippen MR) is 104 cm³/mol. The lowest BCUT2D eigenvalue weighted by molar-refractivity contribution is 0.137. The van der Waals surface area contributed by atoms with E-state index in [1.807, 2.05) is 0 Å². The zero-order chi connectivity index (χ0) is 20.4. The lowest BCUT2D eigenvalue weighted by Gasteiger charge is -2.31. The molecule has 150 valence electrons. The lowest BCUT2D eigenvalue weighted by Crippen LogP contribution is -2.42. The zero-order valence-corrected chi connectivity index (χ0v) is 15.9. The van der Waals surface area contributed by atoms with Crippen LogP contribution in [-0.4, -0.2) is 47.2 Å². The number of amidine groups is 1. The van der Waals surface area contributed by atoms with Gasteiger partial charge in [-0.25, -0.2) is 18.6 Å². The maximum Gasteiger partial charge on any atom is 0.415 e. The molecule has 0 spiro atoms. The standard InChI is InChI=1S/C21H20F2N4O2/c1-13-18(6-3-9-24-13)29-21(28)27-10-7-14(8-11-27)17-12-25-20(26-17)15-4-2-5-16(22)19(15)23/h2-6,9,14H,7-8,10-12H2,1H3. The van der Waals surface area contributed by atoms with Crippen LogP contribution in [-0.2, 0) is 0 Å². The van der Waals surface area contributed by atoms with Crippen molar-refractivity contribution in [2.75, 3.05) is 19.6 Å². The van der Waals surface area contributed by atoms with E-state index in [2.05, 4.69) is 15.0 Å². The first-order valence-corrected chi connectivity index (χ1v) is 9.47. The van der Waals surface area contributed by atoms with Crippen molar-refractivity contribution in [2.24, 2.45) is 15.9 Å². The molecule has 2 aliphatic rings. The molecule has 8 heteroatoms. The highest BCUT2D eigenvalue weighted by Gasteiger charge is 2.29. The van der Waals surface area contributed by atoms with Gasteiger partial charge in [0.25, 0.3) is 0 Å². The van der Waals surface area contributed by atoms with Gasteiger partial charge in [-0.05, 0) is 44.0 Å². The predicted octanol–water partition coefficient (Wildman–Crippen LogP) is 3.78. The summed E-state index contributed by atoms with van der Waals surface area (Å²) in [7, 11) is 0. The van der Waals surface area contributed by atoms with Gasteiger partial charge >= 0.3 is 6.09 Å². The molecule has 0 N–H and O–H groups in total. The van der Waals surface area contributed by atoms with E-state index in [-0.39, 0.29) is 17.3 Å².